The Balaban J connectivity index is 1.78. The first kappa shape index (κ1) is 19.5. The lowest BCUT2D eigenvalue weighted by Crippen LogP contribution is -2.24. The van der Waals surface area contributed by atoms with Gasteiger partial charge in [0.15, 0.2) is 17.0 Å². The van der Waals surface area contributed by atoms with Crippen LogP contribution in [0.2, 0.25) is 31.0 Å². The number of anilines is 1. The summed E-state index contributed by atoms with van der Waals surface area (Å²) in [6.07, 6.45) is 1.26. The van der Waals surface area contributed by atoms with Gasteiger partial charge in [-0.1, -0.05) is 25.7 Å². The topological polar surface area (TPSA) is 105 Å². The van der Waals surface area contributed by atoms with Gasteiger partial charge in [-0.25, -0.2) is 4.98 Å². The maximum absolute atomic E-state index is 9.96. The number of fused-ring (bicyclic) bond motifs is 1. The molecule has 0 radical (unpaired) electrons. The molecule has 2 aromatic heterocycles. The number of nitrogens with one attached hydrogen (secondary N) is 1. The van der Waals surface area contributed by atoms with Crippen LogP contribution >= 0.6 is 11.6 Å². The van der Waals surface area contributed by atoms with E-state index >= 15 is 0 Å². The predicted octanol–water partition coefficient (Wildman–Crippen LogP) is 2.26. The molecular weight excluding hydrogens is 374 g/mol. The minimum Gasteiger partial charge on any atom is -0.394 e. The standard InChI is InChI=1S/C16H26ClN5O3Si/c1-26(2,3)6-4-5-18-14-13-15(21-16(17)20-14)22(9-19-13)12-7-10(24)11(8-23)25-12/h9-12,23-24H,4-8H2,1-3H3,(H,18,20,21). The highest BCUT2D eigenvalue weighted by molar-refractivity contribution is 6.76. The van der Waals surface area contributed by atoms with Crippen LogP contribution in [-0.2, 0) is 4.74 Å². The quantitative estimate of drug-likeness (QED) is 0.372. The van der Waals surface area contributed by atoms with E-state index in [9.17, 15) is 10.2 Å². The van der Waals surface area contributed by atoms with E-state index in [2.05, 4.69) is 39.9 Å². The molecular formula is C16H26ClN5O3Si. The summed E-state index contributed by atoms with van der Waals surface area (Å²) >= 11 is 6.10. The molecule has 8 nitrogen and oxygen atoms in total. The zero-order valence-electron chi connectivity index (χ0n) is 15.3. The van der Waals surface area contributed by atoms with Crippen LogP contribution in [0.15, 0.2) is 6.33 Å². The first-order valence-electron chi connectivity index (χ1n) is 8.87. The van der Waals surface area contributed by atoms with Gasteiger partial charge in [-0.3, -0.25) is 4.57 Å². The second kappa shape index (κ2) is 7.77. The lowest BCUT2D eigenvalue weighted by molar-refractivity contribution is -0.0432. The number of aliphatic hydroxyl groups excluding tert-OH is 2. The van der Waals surface area contributed by atoms with E-state index in [1.165, 1.54) is 6.04 Å². The molecule has 3 heterocycles. The van der Waals surface area contributed by atoms with Crippen LogP contribution in [0, 0.1) is 0 Å². The van der Waals surface area contributed by atoms with Gasteiger partial charge in [0.2, 0.25) is 5.28 Å². The summed E-state index contributed by atoms with van der Waals surface area (Å²) in [6.45, 7) is 7.62. The SMILES string of the molecule is C[Si](C)(C)CCCNc1nc(Cl)nc2c1ncn2C1CC(O)C(CO)O1. The molecule has 1 saturated heterocycles. The smallest absolute Gasteiger partial charge is 0.226 e. The van der Waals surface area contributed by atoms with E-state index in [4.69, 9.17) is 16.3 Å². The number of rotatable bonds is 7. The van der Waals surface area contributed by atoms with Gasteiger partial charge in [0, 0.05) is 21.0 Å². The van der Waals surface area contributed by atoms with E-state index < -0.39 is 26.5 Å². The number of aliphatic hydroxyl groups is 2. The molecule has 0 amide bonds. The van der Waals surface area contributed by atoms with Crippen LogP contribution < -0.4 is 5.32 Å². The van der Waals surface area contributed by atoms with Gasteiger partial charge in [-0.15, -0.1) is 0 Å². The van der Waals surface area contributed by atoms with Gasteiger partial charge < -0.3 is 20.3 Å². The van der Waals surface area contributed by atoms with Gasteiger partial charge in [0.05, 0.1) is 19.0 Å². The molecule has 0 aromatic carbocycles. The Morgan fingerprint density at radius 3 is 2.81 bits per heavy atom. The van der Waals surface area contributed by atoms with Crippen molar-refractivity contribution in [2.45, 2.75) is 57.0 Å². The minimum atomic E-state index is -1.07. The van der Waals surface area contributed by atoms with Crippen molar-refractivity contribution in [2.24, 2.45) is 0 Å². The van der Waals surface area contributed by atoms with E-state index in [-0.39, 0.29) is 11.9 Å². The predicted molar refractivity (Wildman–Crippen MR) is 103 cm³/mol. The lowest BCUT2D eigenvalue weighted by Gasteiger charge is -2.16. The summed E-state index contributed by atoms with van der Waals surface area (Å²) in [5.74, 6) is 0.603. The second-order valence-electron chi connectivity index (χ2n) is 7.87. The largest absolute Gasteiger partial charge is 0.394 e. The molecule has 3 unspecified atom stereocenters. The molecule has 144 valence electrons. The molecule has 0 aliphatic carbocycles. The average Bonchev–Trinajstić information content (AvgIpc) is 3.13. The number of nitrogens with zero attached hydrogens (tertiary/aromatic N) is 4. The van der Waals surface area contributed by atoms with Crippen LogP contribution in [0.3, 0.4) is 0 Å². The van der Waals surface area contributed by atoms with Crippen LogP contribution in [-0.4, -0.2) is 63.2 Å². The molecule has 2 aromatic rings. The Labute approximate surface area is 158 Å². The average molecular weight is 400 g/mol. The number of aromatic nitrogens is 4. The van der Waals surface area contributed by atoms with E-state index in [1.807, 2.05) is 0 Å². The van der Waals surface area contributed by atoms with Crippen LogP contribution in [0.1, 0.15) is 19.1 Å². The molecule has 1 aliphatic heterocycles. The molecule has 0 saturated carbocycles. The first-order valence-corrected chi connectivity index (χ1v) is 13.0. The van der Waals surface area contributed by atoms with E-state index in [1.54, 1.807) is 10.9 Å². The first-order chi connectivity index (χ1) is 12.3. The summed E-state index contributed by atoms with van der Waals surface area (Å²) in [4.78, 5) is 13.0. The van der Waals surface area contributed by atoms with Crippen molar-refractivity contribution in [3.63, 3.8) is 0 Å². The molecule has 26 heavy (non-hydrogen) atoms. The van der Waals surface area contributed by atoms with Crippen LogP contribution in [0.5, 0.6) is 0 Å². The zero-order valence-corrected chi connectivity index (χ0v) is 17.1. The second-order valence-corrected chi connectivity index (χ2v) is 13.8. The maximum Gasteiger partial charge on any atom is 0.226 e. The van der Waals surface area contributed by atoms with Crippen molar-refractivity contribution < 1.29 is 14.9 Å². The number of hydrogen-bond acceptors (Lipinski definition) is 7. The maximum atomic E-state index is 9.96. The molecule has 3 rings (SSSR count). The third kappa shape index (κ3) is 4.34. The van der Waals surface area contributed by atoms with Gasteiger partial charge >= 0.3 is 0 Å². The van der Waals surface area contributed by atoms with Gasteiger partial charge in [-0.05, 0) is 18.0 Å². The van der Waals surface area contributed by atoms with Crippen LogP contribution in [0.25, 0.3) is 11.2 Å². The summed E-state index contributed by atoms with van der Waals surface area (Å²) in [6, 6.07) is 1.23. The molecule has 1 fully saturated rings. The van der Waals surface area contributed by atoms with Crippen LogP contribution in [0.4, 0.5) is 5.82 Å². The lowest BCUT2D eigenvalue weighted by atomic mass is 10.2. The Kier molecular flexibility index (Phi) is 5.83. The number of ether oxygens (including phenoxy) is 1. The Morgan fingerprint density at radius 2 is 2.15 bits per heavy atom. The zero-order chi connectivity index (χ0) is 18.9. The molecule has 0 bridgehead atoms. The van der Waals surface area contributed by atoms with Crippen molar-refractivity contribution in [3.05, 3.63) is 11.6 Å². The summed E-state index contributed by atoms with van der Waals surface area (Å²) < 4.78 is 7.43. The summed E-state index contributed by atoms with van der Waals surface area (Å²) in [5.41, 5.74) is 1.17. The third-order valence-electron chi connectivity index (χ3n) is 4.48. The number of halogens is 1. The van der Waals surface area contributed by atoms with Crippen molar-refractivity contribution in [2.75, 3.05) is 18.5 Å². The van der Waals surface area contributed by atoms with E-state index in [0.717, 1.165) is 13.0 Å². The van der Waals surface area contributed by atoms with Gasteiger partial charge in [0.25, 0.3) is 0 Å². The normalized spacial score (nSPS) is 23.7. The highest BCUT2D eigenvalue weighted by atomic mass is 35.5. The number of hydrogen-bond donors (Lipinski definition) is 3. The summed E-state index contributed by atoms with van der Waals surface area (Å²) in [5, 5.41) is 22.7. The fraction of sp³-hybridized carbons (Fsp3) is 0.688. The highest BCUT2D eigenvalue weighted by Gasteiger charge is 2.35. The molecule has 1 aliphatic rings. The third-order valence-corrected chi connectivity index (χ3v) is 6.51. The Bertz CT molecular complexity index is 766. The van der Waals surface area contributed by atoms with Crippen molar-refractivity contribution in [1.82, 2.24) is 19.5 Å². The molecule has 3 atom stereocenters. The van der Waals surface area contributed by atoms with Gasteiger partial charge in [0.1, 0.15) is 12.3 Å². The molecule has 10 heteroatoms. The Morgan fingerprint density at radius 1 is 1.38 bits per heavy atom. The molecule has 0 spiro atoms. The van der Waals surface area contributed by atoms with Gasteiger partial charge in [-0.2, -0.15) is 9.97 Å². The number of imidazole rings is 1. The molecule has 3 N–H and O–H groups in total. The fourth-order valence-electron chi connectivity index (χ4n) is 3.10. The minimum absolute atomic E-state index is 0.129. The van der Waals surface area contributed by atoms with Crippen molar-refractivity contribution in [1.29, 1.82) is 0 Å². The highest BCUT2D eigenvalue weighted by Crippen LogP contribution is 2.32. The van der Waals surface area contributed by atoms with Crippen molar-refractivity contribution in [3.8, 4) is 0 Å². The fourth-order valence-corrected chi connectivity index (χ4v) is 4.50. The summed E-state index contributed by atoms with van der Waals surface area (Å²) in [7, 11) is -1.07. The van der Waals surface area contributed by atoms with E-state index in [0.29, 0.717) is 23.4 Å². The Hall–Kier alpha value is -1.26. The van der Waals surface area contributed by atoms with Crippen molar-refractivity contribution >= 4 is 36.7 Å². The monoisotopic (exact) mass is 399 g/mol.